The van der Waals surface area contributed by atoms with Gasteiger partial charge in [-0.1, -0.05) is 45.0 Å². The Balaban J connectivity index is 1.54. The highest BCUT2D eigenvalue weighted by atomic mass is 16.3. The van der Waals surface area contributed by atoms with Gasteiger partial charge in [-0.3, -0.25) is 24.1 Å². The number of ketones is 2. The van der Waals surface area contributed by atoms with Gasteiger partial charge in [-0.2, -0.15) is 0 Å². The fourth-order valence-electron chi connectivity index (χ4n) is 7.58. The molecule has 11 heteroatoms. The second-order valence-corrected chi connectivity index (χ2v) is 14.6. The molecule has 1 unspecified atom stereocenters. The largest absolute Gasteiger partial charge is 0.508 e. The summed E-state index contributed by atoms with van der Waals surface area (Å²) < 4.78 is 0. The summed E-state index contributed by atoms with van der Waals surface area (Å²) in [6.45, 7) is 6.29. The minimum atomic E-state index is -2.72. The van der Waals surface area contributed by atoms with E-state index in [0.717, 1.165) is 24.0 Å². The van der Waals surface area contributed by atoms with Crippen LogP contribution in [0.5, 0.6) is 5.75 Å². The van der Waals surface area contributed by atoms with Crippen LogP contribution < -0.4 is 11.1 Å². The van der Waals surface area contributed by atoms with Crippen molar-refractivity contribution in [1.29, 1.82) is 0 Å². The SMILES string of the molecule is CN(C)C1C(=O)C(C(N)=O)=C(O)[C@]2(O)C(=O)C3=C(O)c4c(O)c(CNC(=O)C5CC5)cc(-c5ccc(C(C)(C)C)cc5)c4C[C@@H]3C[C@@H]12. The van der Waals surface area contributed by atoms with E-state index in [-0.39, 0.29) is 53.5 Å². The first kappa shape index (κ1) is 32.5. The maximum atomic E-state index is 14.3. The fraction of sp³-hybridized carbons (Fsp3) is 0.444. The van der Waals surface area contributed by atoms with E-state index in [4.69, 9.17) is 5.73 Å². The van der Waals surface area contributed by atoms with Crippen LogP contribution in [0, 0.1) is 17.8 Å². The molecule has 2 aromatic carbocycles. The topological polar surface area (TPSA) is 190 Å². The summed E-state index contributed by atoms with van der Waals surface area (Å²) in [5.74, 6) is -7.24. The standard InChI is InChI=1S/C36H41N3O8/c1-35(2,3)20-10-8-16(9-11-20)21-13-19(15-38-34(46)17-6-7-17)28(40)25-22(21)12-18-14-23-27(39(4)5)30(42)26(33(37)45)32(44)36(23,47)31(43)24(18)29(25)41/h8-11,13,17-18,23,27,40-41,44,47H,6-7,12,14-15H2,1-5H3,(H2,37,45)(H,38,46)/t18-,23+,27?,36-/m1/s1. The van der Waals surface area contributed by atoms with Crippen molar-refractivity contribution < 1.29 is 39.6 Å². The fourth-order valence-corrected chi connectivity index (χ4v) is 7.58. The molecule has 2 amide bonds. The van der Waals surface area contributed by atoms with Crippen molar-refractivity contribution in [1.82, 2.24) is 10.2 Å². The summed E-state index contributed by atoms with van der Waals surface area (Å²) >= 11 is 0. The Morgan fingerprint density at radius 2 is 1.70 bits per heavy atom. The first-order valence-electron chi connectivity index (χ1n) is 15.9. The van der Waals surface area contributed by atoms with E-state index in [1.165, 1.54) is 4.90 Å². The Kier molecular flexibility index (Phi) is 7.64. The predicted molar refractivity (Wildman–Crippen MR) is 173 cm³/mol. The van der Waals surface area contributed by atoms with Gasteiger partial charge in [0.1, 0.15) is 22.8 Å². The molecule has 2 saturated carbocycles. The van der Waals surface area contributed by atoms with E-state index in [2.05, 4.69) is 26.1 Å². The van der Waals surface area contributed by atoms with E-state index < -0.39 is 58.0 Å². The number of primary amides is 1. The van der Waals surface area contributed by atoms with Gasteiger partial charge >= 0.3 is 0 Å². The molecular weight excluding hydrogens is 602 g/mol. The van der Waals surface area contributed by atoms with Crippen LogP contribution >= 0.6 is 0 Å². The summed E-state index contributed by atoms with van der Waals surface area (Å²) in [5, 5.41) is 49.4. The third kappa shape index (κ3) is 5.03. The van der Waals surface area contributed by atoms with Crippen molar-refractivity contribution >= 4 is 29.1 Å². The maximum absolute atomic E-state index is 14.3. The van der Waals surface area contributed by atoms with Crippen LogP contribution in [0.3, 0.4) is 0 Å². The zero-order valence-corrected chi connectivity index (χ0v) is 27.2. The normalized spacial score (nSPS) is 25.8. The van der Waals surface area contributed by atoms with Crippen molar-refractivity contribution in [3.63, 3.8) is 0 Å². The number of phenols is 1. The van der Waals surface area contributed by atoms with E-state index in [0.29, 0.717) is 16.7 Å². The van der Waals surface area contributed by atoms with Crippen LogP contribution in [-0.4, -0.2) is 74.4 Å². The lowest BCUT2D eigenvalue weighted by Crippen LogP contribution is -2.65. The molecule has 4 aliphatic carbocycles. The molecule has 0 bridgehead atoms. The highest BCUT2D eigenvalue weighted by Crippen LogP contribution is 2.54. The molecule has 2 fully saturated rings. The predicted octanol–water partition coefficient (Wildman–Crippen LogP) is 2.95. The number of likely N-dealkylation sites (N-methyl/N-ethyl adjacent to an activating group) is 1. The molecular formula is C36H41N3O8. The third-order valence-corrected chi connectivity index (χ3v) is 10.3. The van der Waals surface area contributed by atoms with E-state index in [1.54, 1.807) is 20.2 Å². The molecule has 0 aromatic heterocycles. The Morgan fingerprint density at radius 1 is 1.06 bits per heavy atom. The molecule has 0 radical (unpaired) electrons. The molecule has 2 aromatic rings. The van der Waals surface area contributed by atoms with Gasteiger partial charge < -0.3 is 31.5 Å². The van der Waals surface area contributed by atoms with E-state index in [9.17, 15) is 39.6 Å². The van der Waals surface area contributed by atoms with Gasteiger partial charge in [-0.15, -0.1) is 0 Å². The number of carbonyl (C=O) groups is 4. The van der Waals surface area contributed by atoms with Crippen molar-refractivity contribution in [2.45, 2.75) is 70.1 Å². The summed E-state index contributed by atoms with van der Waals surface area (Å²) in [6, 6.07) is 8.56. The highest BCUT2D eigenvalue weighted by Gasteiger charge is 2.64. The number of amides is 2. The first-order chi connectivity index (χ1) is 22.0. The molecule has 11 nitrogen and oxygen atoms in total. The van der Waals surface area contributed by atoms with Gasteiger partial charge in [-0.05, 0) is 79.4 Å². The summed E-state index contributed by atoms with van der Waals surface area (Å²) in [4.78, 5) is 54.0. The minimum absolute atomic E-state index is 0.00522. The molecule has 4 atom stereocenters. The van der Waals surface area contributed by atoms with E-state index in [1.807, 2.05) is 24.3 Å². The first-order valence-corrected chi connectivity index (χ1v) is 15.9. The highest BCUT2D eigenvalue weighted by molar-refractivity contribution is 6.24. The average molecular weight is 644 g/mol. The second-order valence-electron chi connectivity index (χ2n) is 14.6. The number of nitrogens with zero attached hydrogens (tertiary/aromatic N) is 1. The maximum Gasteiger partial charge on any atom is 0.255 e. The molecule has 248 valence electrons. The van der Waals surface area contributed by atoms with Gasteiger partial charge in [0.05, 0.1) is 11.6 Å². The number of phenolic OH excluding ortho intramolecular Hbond substituents is 1. The Morgan fingerprint density at radius 3 is 2.26 bits per heavy atom. The zero-order chi connectivity index (χ0) is 34.3. The van der Waals surface area contributed by atoms with E-state index >= 15 is 0 Å². The van der Waals surface area contributed by atoms with Gasteiger partial charge in [0, 0.05) is 29.5 Å². The average Bonchev–Trinajstić information content (AvgIpc) is 3.84. The number of nitrogens with one attached hydrogen (secondary N) is 1. The number of fused-ring (bicyclic) bond motifs is 3. The van der Waals surface area contributed by atoms with Crippen LogP contribution in [0.1, 0.15) is 62.3 Å². The number of carbonyl (C=O) groups excluding carboxylic acids is 4. The second kappa shape index (κ2) is 11.1. The van der Waals surface area contributed by atoms with Crippen molar-refractivity contribution in [2.24, 2.45) is 23.5 Å². The monoisotopic (exact) mass is 643 g/mol. The number of hydrogen-bond donors (Lipinski definition) is 6. The molecule has 0 aliphatic heterocycles. The van der Waals surface area contributed by atoms with Crippen molar-refractivity contribution in [3.05, 3.63) is 69.5 Å². The number of rotatable bonds is 6. The third-order valence-electron chi connectivity index (χ3n) is 10.3. The number of aliphatic hydroxyl groups excluding tert-OH is 2. The van der Waals surface area contributed by atoms with Crippen LogP contribution in [0.2, 0.25) is 0 Å². The van der Waals surface area contributed by atoms with Gasteiger partial charge in [0.2, 0.25) is 11.7 Å². The molecule has 0 heterocycles. The molecule has 0 spiro atoms. The zero-order valence-electron chi connectivity index (χ0n) is 27.2. The lowest BCUT2D eigenvalue weighted by atomic mass is 9.57. The molecule has 7 N–H and O–H groups in total. The molecule has 6 rings (SSSR count). The number of hydrogen-bond acceptors (Lipinski definition) is 9. The number of nitrogens with two attached hydrogens (primary N) is 1. The summed E-state index contributed by atoms with van der Waals surface area (Å²) in [7, 11) is 3.13. The summed E-state index contributed by atoms with van der Waals surface area (Å²) in [6.07, 6.45) is 1.75. The van der Waals surface area contributed by atoms with Gasteiger partial charge in [0.15, 0.2) is 11.4 Å². The Labute approximate surface area is 272 Å². The number of Topliss-reactive ketones (excluding diaryl/α,β-unsaturated/α-hetero) is 2. The Hall–Kier alpha value is -4.48. The smallest absolute Gasteiger partial charge is 0.255 e. The van der Waals surface area contributed by atoms with Crippen LogP contribution in [0.25, 0.3) is 16.9 Å². The lowest BCUT2D eigenvalue weighted by molar-refractivity contribution is -0.153. The molecule has 0 saturated heterocycles. The van der Waals surface area contributed by atoms with Gasteiger partial charge in [0.25, 0.3) is 5.91 Å². The number of benzene rings is 2. The quantitative estimate of drug-likeness (QED) is 0.257. The van der Waals surface area contributed by atoms with Crippen LogP contribution in [0.4, 0.5) is 0 Å². The van der Waals surface area contributed by atoms with Crippen LogP contribution in [-0.2, 0) is 37.6 Å². The minimum Gasteiger partial charge on any atom is -0.508 e. The van der Waals surface area contributed by atoms with Crippen LogP contribution in [0.15, 0.2) is 47.2 Å². The van der Waals surface area contributed by atoms with Crippen molar-refractivity contribution in [2.75, 3.05) is 14.1 Å². The summed E-state index contributed by atoms with van der Waals surface area (Å²) in [5.41, 5.74) is 5.00. The number of aliphatic hydroxyl groups is 3. The van der Waals surface area contributed by atoms with Crippen molar-refractivity contribution in [3.8, 4) is 16.9 Å². The molecule has 47 heavy (non-hydrogen) atoms. The molecule has 4 aliphatic rings. The number of aromatic hydroxyl groups is 1. The lowest BCUT2D eigenvalue weighted by Gasteiger charge is -2.50. The Bertz CT molecular complexity index is 1800. The van der Waals surface area contributed by atoms with Gasteiger partial charge in [-0.25, -0.2) is 0 Å².